The van der Waals surface area contributed by atoms with Crippen molar-refractivity contribution in [3.8, 4) is 23.0 Å². The van der Waals surface area contributed by atoms with E-state index in [2.05, 4.69) is 47.4 Å². The van der Waals surface area contributed by atoms with Crippen LogP contribution in [0.1, 0.15) is 22.7 Å². The van der Waals surface area contributed by atoms with Crippen molar-refractivity contribution in [2.75, 3.05) is 33.9 Å². The van der Waals surface area contributed by atoms with Gasteiger partial charge in [0.15, 0.2) is 23.0 Å². The van der Waals surface area contributed by atoms with Gasteiger partial charge in [0.25, 0.3) is 0 Å². The molecule has 0 amide bonds. The second kappa shape index (κ2) is 9.13. The summed E-state index contributed by atoms with van der Waals surface area (Å²) in [5.41, 5.74) is 3.94. The summed E-state index contributed by atoms with van der Waals surface area (Å²) >= 11 is 0. The molecule has 0 spiro atoms. The Hall–Kier alpha value is -3.18. The van der Waals surface area contributed by atoms with Crippen LogP contribution in [0.4, 0.5) is 0 Å². The maximum absolute atomic E-state index is 6.29. The van der Waals surface area contributed by atoms with Crippen molar-refractivity contribution in [3.63, 3.8) is 0 Å². The van der Waals surface area contributed by atoms with Gasteiger partial charge < -0.3 is 18.9 Å². The van der Waals surface area contributed by atoms with Crippen molar-refractivity contribution < 1.29 is 18.9 Å². The number of benzene rings is 3. The molecule has 0 bridgehead atoms. The number of methoxy groups -OCH3 is 2. The molecule has 2 heterocycles. The lowest BCUT2D eigenvalue weighted by molar-refractivity contribution is 0.0417. The minimum atomic E-state index is -0.00938. The van der Waals surface area contributed by atoms with Gasteiger partial charge in [-0.25, -0.2) is 0 Å². The van der Waals surface area contributed by atoms with Crippen LogP contribution in [0.5, 0.6) is 23.0 Å². The zero-order valence-electron chi connectivity index (χ0n) is 18.6. The van der Waals surface area contributed by atoms with Crippen LogP contribution in [0.2, 0.25) is 0 Å². The van der Waals surface area contributed by atoms with E-state index in [1.54, 1.807) is 14.2 Å². The highest BCUT2D eigenvalue weighted by atomic mass is 16.6. The molecular formula is C27H29NO4. The number of fused-ring (bicyclic) bond motifs is 2. The summed E-state index contributed by atoms with van der Waals surface area (Å²) in [5, 5.41) is 0. The molecule has 0 radical (unpaired) electrons. The second-order valence-electron chi connectivity index (χ2n) is 8.35. The third-order valence-corrected chi connectivity index (χ3v) is 6.39. The maximum atomic E-state index is 6.29. The Labute approximate surface area is 189 Å². The zero-order valence-corrected chi connectivity index (χ0v) is 18.6. The van der Waals surface area contributed by atoms with Crippen LogP contribution in [0.3, 0.4) is 0 Å². The average Bonchev–Trinajstić information content (AvgIpc) is 2.85. The second-order valence-corrected chi connectivity index (χ2v) is 8.35. The van der Waals surface area contributed by atoms with Gasteiger partial charge in [-0.05, 0) is 53.8 Å². The molecule has 2 atom stereocenters. The highest BCUT2D eigenvalue weighted by molar-refractivity contribution is 5.50. The van der Waals surface area contributed by atoms with E-state index < -0.39 is 0 Å². The summed E-state index contributed by atoms with van der Waals surface area (Å²) in [6.45, 7) is 2.32. The Morgan fingerprint density at radius 2 is 1.62 bits per heavy atom. The molecule has 32 heavy (non-hydrogen) atoms. The van der Waals surface area contributed by atoms with Gasteiger partial charge in [-0.1, -0.05) is 42.5 Å². The summed E-state index contributed by atoms with van der Waals surface area (Å²) in [6.07, 6.45) is 1.88. The molecule has 5 nitrogen and oxygen atoms in total. The first-order valence-electron chi connectivity index (χ1n) is 11.2. The smallest absolute Gasteiger partial charge is 0.161 e. The fourth-order valence-electron chi connectivity index (χ4n) is 4.79. The van der Waals surface area contributed by atoms with Gasteiger partial charge >= 0.3 is 0 Å². The molecule has 2 aliphatic rings. The lowest BCUT2D eigenvalue weighted by Crippen LogP contribution is -2.45. The topological polar surface area (TPSA) is 40.2 Å². The average molecular weight is 432 g/mol. The van der Waals surface area contributed by atoms with Crippen molar-refractivity contribution >= 4 is 0 Å². The molecule has 3 aromatic carbocycles. The molecule has 0 aliphatic carbocycles. The van der Waals surface area contributed by atoms with Crippen LogP contribution in [0.25, 0.3) is 0 Å². The Balaban J connectivity index is 1.44. The minimum absolute atomic E-state index is 0.00938. The number of nitrogens with zero attached hydrogens (tertiary/aromatic N) is 1. The molecule has 2 unspecified atom stereocenters. The van der Waals surface area contributed by atoms with Crippen molar-refractivity contribution in [1.82, 2.24) is 4.90 Å². The predicted octanol–water partition coefficient (Wildman–Crippen LogP) is 4.69. The number of hydrogen-bond acceptors (Lipinski definition) is 5. The number of rotatable bonds is 6. The first-order valence-corrected chi connectivity index (χ1v) is 11.2. The Morgan fingerprint density at radius 3 is 2.41 bits per heavy atom. The Morgan fingerprint density at radius 1 is 0.906 bits per heavy atom. The highest BCUT2D eigenvalue weighted by Gasteiger charge is 2.32. The molecule has 0 aromatic heterocycles. The van der Waals surface area contributed by atoms with Gasteiger partial charge in [-0.3, -0.25) is 4.90 Å². The van der Waals surface area contributed by atoms with Gasteiger partial charge in [0.05, 0.1) is 14.2 Å². The van der Waals surface area contributed by atoms with E-state index in [0.29, 0.717) is 6.61 Å². The molecule has 0 saturated heterocycles. The van der Waals surface area contributed by atoms with Gasteiger partial charge in [-0.15, -0.1) is 0 Å². The fraction of sp³-hybridized carbons (Fsp3) is 0.333. The van der Waals surface area contributed by atoms with Crippen LogP contribution < -0.4 is 18.9 Å². The maximum Gasteiger partial charge on any atom is 0.161 e. The monoisotopic (exact) mass is 431 g/mol. The molecule has 166 valence electrons. The molecule has 5 rings (SSSR count). The van der Waals surface area contributed by atoms with E-state index >= 15 is 0 Å². The third kappa shape index (κ3) is 4.13. The zero-order chi connectivity index (χ0) is 21.9. The largest absolute Gasteiger partial charge is 0.493 e. The first kappa shape index (κ1) is 20.7. The lowest BCUT2D eigenvalue weighted by atomic mass is 9.88. The number of hydrogen-bond donors (Lipinski definition) is 0. The number of para-hydroxylation sites is 2. The first-order chi connectivity index (χ1) is 15.7. The third-order valence-electron chi connectivity index (χ3n) is 6.39. The Bertz CT molecular complexity index is 1070. The molecule has 0 N–H and O–H groups in total. The van der Waals surface area contributed by atoms with Crippen molar-refractivity contribution in [1.29, 1.82) is 0 Å². The summed E-state index contributed by atoms with van der Waals surface area (Å²) in [4.78, 5) is 2.53. The van der Waals surface area contributed by atoms with Crippen LogP contribution >= 0.6 is 0 Å². The van der Waals surface area contributed by atoms with Crippen molar-refractivity contribution in [2.45, 2.75) is 25.0 Å². The van der Waals surface area contributed by atoms with Crippen LogP contribution in [-0.2, 0) is 12.8 Å². The molecule has 0 fully saturated rings. The lowest BCUT2D eigenvalue weighted by Gasteiger charge is -2.40. The van der Waals surface area contributed by atoms with E-state index in [4.69, 9.17) is 18.9 Å². The van der Waals surface area contributed by atoms with E-state index in [1.165, 1.54) is 16.7 Å². The minimum Gasteiger partial charge on any atom is -0.493 e. The van der Waals surface area contributed by atoms with E-state index in [0.717, 1.165) is 48.9 Å². The Kier molecular flexibility index (Phi) is 5.91. The predicted molar refractivity (Wildman–Crippen MR) is 124 cm³/mol. The van der Waals surface area contributed by atoms with E-state index in [-0.39, 0.29) is 12.1 Å². The van der Waals surface area contributed by atoms with Gasteiger partial charge in [-0.2, -0.15) is 0 Å². The van der Waals surface area contributed by atoms with Gasteiger partial charge in [0.1, 0.15) is 12.7 Å². The van der Waals surface area contributed by atoms with Crippen molar-refractivity contribution in [3.05, 3.63) is 83.4 Å². The standard InChI is InChI=1S/C27H29NO4/c1-29-26-15-20-12-13-28(17-21-18-31-24-10-6-7-11-25(24)32-21)23(22(20)16-27(26)30-2)14-19-8-4-3-5-9-19/h3-11,15-16,21,23H,12-14,17-18H2,1-2H3. The van der Waals surface area contributed by atoms with E-state index in [1.807, 2.05) is 24.3 Å². The number of ether oxygens (including phenoxy) is 4. The summed E-state index contributed by atoms with van der Waals surface area (Å²) in [7, 11) is 3.39. The summed E-state index contributed by atoms with van der Waals surface area (Å²) < 4.78 is 23.5. The molecule has 3 aromatic rings. The molecule has 5 heteroatoms. The normalized spacial score (nSPS) is 19.8. The van der Waals surface area contributed by atoms with Crippen LogP contribution in [0.15, 0.2) is 66.7 Å². The molecular weight excluding hydrogens is 402 g/mol. The van der Waals surface area contributed by atoms with Gasteiger partial charge in [0.2, 0.25) is 0 Å². The summed E-state index contributed by atoms with van der Waals surface area (Å²) in [6, 6.07) is 23.1. The molecule has 0 saturated carbocycles. The summed E-state index contributed by atoms with van der Waals surface area (Å²) in [5.74, 6) is 3.22. The van der Waals surface area contributed by atoms with Crippen LogP contribution in [0, 0.1) is 0 Å². The SMILES string of the molecule is COc1cc2c(cc1OC)C(Cc1ccccc1)N(CC1COc3ccccc3O1)CC2. The fourth-order valence-corrected chi connectivity index (χ4v) is 4.79. The highest BCUT2D eigenvalue weighted by Crippen LogP contribution is 2.40. The quantitative estimate of drug-likeness (QED) is 0.567. The van der Waals surface area contributed by atoms with Crippen LogP contribution in [-0.4, -0.2) is 44.9 Å². The molecule has 2 aliphatic heterocycles. The van der Waals surface area contributed by atoms with Gasteiger partial charge in [0, 0.05) is 19.1 Å². The van der Waals surface area contributed by atoms with E-state index in [9.17, 15) is 0 Å². The van der Waals surface area contributed by atoms with Crippen molar-refractivity contribution in [2.24, 2.45) is 0 Å².